The number of nitrogens with zero attached hydrogens (tertiary/aromatic N) is 4. The first kappa shape index (κ1) is 23.1. The number of oxazole rings is 1. The number of benzene rings is 1. The lowest BCUT2D eigenvalue weighted by Gasteiger charge is -2.47. The van der Waals surface area contributed by atoms with Crippen LogP contribution in [0.25, 0.3) is 22.7 Å². The van der Waals surface area contributed by atoms with Crippen molar-refractivity contribution in [3.63, 3.8) is 0 Å². The van der Waals surface area contributed by atoms with Gasteiger partial charge in [0.05, 0.1) is 29.9 Å². The molecule has 8 heteroatoms. The molecule has 0 radical (unpaired) electrons. The Labute approximate surface area is 200 Å². The van der Waals surface area contributed by atoms with Crippen LogP contribution in [0.2, 0.25) is 0 Å². The second kappa shape index (κ2) is 8.82. The Kier molecular flexibility index (Phi) is 5.98. The standard InChI is InChI=1S/C26H34N4O4/c1-17-27-16-22(34-17)20-7-6-19(14-21(20)32-4)23-28-29-24-26(25(2,3)31,10-5-11-30(23)24)15-18-8-12-33-13-9-18/h6-7,14,16,18,31H,5,8-13,15H2,1-4H3. The van der Waals surface area contributed by atoms with Crippen LogP contribution in [0.4, 0.5) is 0 Å². The summed E-state index contributed by atoms with van der Waals surface area (Å²) in [6, 6.07) is 5.97. The van der Waals surface area contributed by atoms with Crippen LogP contribution < -0.4 is 4.74 Å². The lowest BCUT2D eigenvalue weighted by atomic mass is 9.63. The van der Waals surface area contributed by atoms with Crippen molar-refractivity contribution >= 4 is 0 Å². The number of aliphatic hydroxyl groups is 1. The Hall–Kier alpha value is -2.71. The van der Waals surface area contributed by atoms with E-state index in [1.54, 1.807) is 13.3 Å². The Morgan fingerprint density at radius 2 is 2.03 bits per heavy atom. The highest BCUT2D eigenvalue weighted by molar-refractivity contribution is 5.71. The maximum atomic E-state index is 11.4. The van der Waals surface area contributed by atoms with Crippen LogP contribution in [0.3, 0.4) is 0 Å². The molecule has 1 saturated heterocycles. The van der Waals surface area contributed by atoms with Crippen LogP contribution in [0.5, 0.6) is 5.75 Å². The van der Waals surface area contributed by atoms with Crippen molar-refractivity contribution in [3.8, 4) is 28.5 Å². The van der Waals surface area contributed by atoms with Gasteiger partial charge in [0.15, 0.2) is 17.5 Å². The number of rotatable bonds is 6. The normalized spacial score (nSPS) is 21.4. The quantitative estimate of drug-likeness (QED) is 0.570. The minimum Gasteiger partial charge on any atom is -0.496 e. The third-order valence-corrected chi connectivity index (χ3v) is 7.66. The second-order valence-corrected chi connectivity index (χ2v) is 10.2. The van der Waals surface area contributed by atoms with Gasteiger partial charge in [-0.3, -0.25) is 0 Å². The van der Waals surface area contributed by atoms with Gasteiger partial charge >= 0.3 is 0 Å². The van der Waals surface area contributed by atoms with Crippen molar-refractivity contribution in [2.75, 3.05) is 20.3 Å². The molecule has 1 N–H and O–H groups in total. The monoisotopic (exact) mass is 466 g/mol. The highest BCUT2D eigenvalue weighted by Crippen LogP contribution is 2.48. The first-order valence-corrected chi connectivity index (χ1v) is 12.2. The zero-order chi connectivity index (χ0) is 23.9. The fraction of sp³-hybridized carbons (Fsp3) is 0.577. The summed E-state index contributed by atoms with van der Waals surface area (Å²) in [5, 5.41) is 20.8. The third kappa shape index (κ3) is 3.92. The van der Waals surface area contributed by atoms with Gasteiger partial charge < -0.3 is 23.6 Å². The Balaban J connectivity index is 1.55. The molecule has 0 bridgehead atoms. The number of ether oxygens (including phenoxy) is 2. The maximum absolute atomic E-state index is 11.4. The van der Waals surface area contributed by atoms with Crippen LogP contribution in [0, 0.1) is 12.8 Å². The molecule has 182 valence electrons. The summed E-state index contributed by atoms with van der Waals surface area (Å²) in [7, 11) is 1.65. The summed E-state index contributed by atoms with van der Waals surface area (Å²) < 4.78 is 19.2. The van der Waals surface area contributed by atoms with Crippen molar-refractivity contribution in [1.82, 2.24) is 19.7 Å². The fourth-order valence-electron chi connectivity index (χ4n) is 5.72. The van der Waals surface area contributed by atoms with Crippen molar-refractivity contribution in [2.45, 2.75) is 70.4 Å². The minimum absolute atomic E-state index is 0.445. The van der Waals surface area contributed by atoms with E-state index >= 15 is 0 Å². The van der Waals surface area contributed by atoms with Gasteiger partial charge in [-0.05, 0) is 64.0 Å². The van der Waals surface area contributed by atoms with E-state index in [0.29, 0.717) is 23.3 Å². The maximum Gasteiger partial charge on any atom is 0.191 e. The number of methoxy groups -OCH3 is 1. The van der Waals surface area contributed by atoms with Crippen LogP contribution in [0.1, 0.15) is 57.7 Å². The lowest BCUT2D eigenvalue weighted by Crippen LogP contribution is -2.52. The predicted molar refractivity (Wildman–Crippen MR) is 128 cm³/mol. The molecule has 1 fully saturated rings. The highest BCUT2D eigenvalue weighted by atomic mass is 16.5. The molecule has 0 spiro atoms. The van der Waals surface area contributed by atoms with E-state index < -0.39 is 11.0 Å². The SMILES string of the molecule is COc1cc(-c2nnc3n2CCCC3(CC2CCOCC2)C(C)(C)O)ccc1-c1cnc(C)o1. The van der Waals surface area contributed by atoms with Crippen LogP contribution >= 0.6 is 0 Å². The molecule has 8 nitrogen and oxygen atoms in total. The third-order valence-electron chi connectivity index (χ3n) is 7.66. The summed E-state index contributed by atoms with van der Waals surface area (Å²) in [6.45, 7) is 8.08. The van der Waals surface area contributed by atoms with Crippen molar-refractivity contribution in [2.24, 2.45) is 5.92 Å². The molecule has 2 aromatic heterocycles. The largest absolute Gasteiger partial charge is 0.496 e. The van der Waals surface area contributed by atoms with Crippen LogP contribution in [-0.4, -0.2) is 50.8 Å². The van der Waals surface area contributed by atoms with Crippen LogP contribution in [0.15, 0.2) is 28.8 Å². The lowest BCUT2D eigenvalue weighted by molar-refractivity contribution is -0.0474. The molecule has 4 heterocycles. The average Bonchev–Trinajstić information content (AvgIpc) is 3.45. The van der Waals surface area contributed by atoms with Crippen molar-refractivity contribution in [1.29, 1.82) is 0 Å². The molecule has 1 unspecified atom stereocenters. The van der Waals surface area contributed by atoms with Crippen molar-refractivity contribution in [3.05, 3.63) is 36.1 Å². The number of fused-ring (bicyclic) bond motifs is 1. The number of aromatic nitrogens is 4. The minimum atomic E-state index is -0.917. The van der Waals surface area contributed by atoms with E-state index in [2.05, 4.69) is 14.6 Å². The fourth-order valence-corrected chi connectivity index (χ4v) is 5.72. The molecule has 0 saturated carbocycles. The summed E-state index contributed by atoms with van der Waals surface area (Å²) in [5.74, 6) is 4.17. The van der Waals surface area contributed by atoms with Gasteiger partial charge in [-0.25, -0.2) is 4.98 Å². The molecular formula is C26H34N4O4. The molecule has 0 aliphatic carbocycles. The first-order valence-electron chi connectivity index (χ1n) is 12.2. The zero-order valence-corrected chi connectivity index (χ0v) is 20.5. The van der Waals surface area contributed by atoms with Gasteiger partial charge in [-0.15, -0.1) is 10.2 Å². The highest BCUT2D eigenvalue weighted by Gasteiger charge is 2.51. The average molecular weight is 467 g/mol. The molecule has 5 rings (SSSR count). The van der Waals surface area contributed by atoms with Crippen molar-refractivity contribution < 1.29 is 19.0 Å². The van der Waals surface area contributed by atoms with Gasteiger partial charge in [0.25, 0.3) is 0 Å². The second-order valence-electron chi connectivity index (χ2n) is 10.2. The van der Waals surface area contributed by atoms with Gasteiger partial charge in [0.2, 0.25) is 0 Å². The Morgan fingerprint density at radius 3 is 2.71 bits per heavy atom. The summed E-state index contributed by atoms with van der Waals surface area (Å²) >= 11 is 0. The summed E-state index contributed by atoms with van der Waals surface area (Å²) in [5.41, 5.74) is 0.406. The van der Waals surface area contributed by atoms with E-state index in [1.807, 2.05) is 39.0 Å². The molecular weight excluding hydrogens is 432 g/mol. The molecule has 34 heavy (non-hydrogen) atoms. The van der Waals surface area contributed by atoms with E-state index in [0.717, 1.165) is 74.6 Å². The molecule has 3 aromatic rings. The number of hydrogen-bond acceptors (Lipinski definition) is 7. The van der Waals surface area contributed by atoms with Gasteiger partial charge in [-0.1, -0.05) is 6.07 Å². The molecule has 1 atom stereocenters. The van der Waals surface area contributed by atoms with E-state index in [-0.39, 0.29) is 0 Å². The first-order chi connectivity index (χ1) is 16.3. The molecule has 0 amide bonds. The van der Waals surface area contributed by atoms with E-state index in [1.165, 1.54) is 0 Å². The van der Waals surface area contributed by atoms with Crippen LogP contribution in [-0.2, 0) is 16.7 Å². The number of aryl methyl sites for hydroxylation is 1. The Morgan fingerprint density at radius 1 is 1.24 bits per heavy atom. The van der Waals surface area contributed by atoms with Gasteiger partial charge in [0.1, 0.15) is 11.6 Å². The molecule has 2 aliphatic rings. The zero-order valence-electron chi connectivity index (χ0n) is 20.5. The topological polar surface area (TPSA) is 95.4 Å². The van der Waals surface area contributed by atoms with E-state index in [9.17, 15) is 5.11 Å². The van der Waals surface area contributed by atoms with E-state index in [4.69, 9.17) is 19.0 Å². The summed E-state index contributed by atoms with van der Waals surface area (Å²) in [4.78, 5) is 4.20. The Bertz CT molecular complexity index is 1160. The van der Waals surface area contributed by atoms with Gasteiger partial charge in [-0.2, -0.15) is 0 Å². The smallest absolute Gasteiger partial charge is 0.191 e. The number of hydrogen-bond donors (Lipinski definition) is 1. The molecule has 2 aliphatic heterocycles. The molecule has 1 aromatic carbocycles. The van der Waals surface area contributed by atoms with Gasteiger partial charge in [0, 0.05) is 32.2 Å². The predicted octanol–water partition coefficient (Wildman–Crippen LogP) is 4.54. The summed E-state index contributed by atoms with van der Waals surface area (Å²) in [6.07, 6.45) is 6.53.